The number of hydrogen-bond donors (Lipinski definition) is 1. The highest BCUT2D eigenvalue weighted by molar-refractivity contribution is 5.94. The first-order chi connectivity index (χ1) is 7.24. The molecule has 0 bridgehead atoms. The van der Waals surface area contributed by atoms with Crippen molar-refractivity contribution in [3.63, 3.8) is 0 Å². The molecule has 1 N–H and O–H groups in total. The Morgan fingerprint density at radius 1 is 1.33 bits per heavy atom. The van der Waals surface area contributed by atoms with E-state index in [0.717, 1.165) is 24.2 Å². The van der Waals surface area contributed by atoms with Gasteiger partial charge in [-0.25, -0.2) is 0 Å². The molecule has 0 unspecified atom stereocenters. The van der Waals surface area contributed by atoms with E-state index in [9.17, 15) is 4.79 Å². The maximum absolute atomic E-state index is 11.0. The van der Waals surface area contributed by atoms with Crippen LogP contribution in [0.3, 0.4) is 0 Å². The Bertz CT molecular complexity index is 338. The summed E-state index contributed by atoms with van der Waals surface area (Å²) in [7, 11) is 0. The molecule has 1 rings (SSSR count). The number of anilines is 1. The molecule has 2 heteroatoms. The van der Waals surface area contributed by atoms with Crippen molar-refractivity contribution in [2.24, 2.45) is 0 Å². The number of hydrogen-bond acceptors (Lipinski definition) is 2. The molecule has 0 aliphatic carbocycles. The normalized spacial score (nSPS) is 10.5. The fraction of sp³-hybridized carbons (Fsp3) is 0.308. The fourth-order valence-electron chi connectivity index (χ4n) is 1.29. The molecule has 1 aromatic rings. The van der Waals surface area contributed by atoms with Crippen LogP contribution >= 0.6 is 0 Å². The first-order valence-corrected chi connectivity index (χ1v) is 5.20. The maximum atomic E-state index is 11.0. The van der Waals surface area contributed by atoms with Crippen LogP contribution in [-0.4, -0.2) is 12.3 Å². The summed E-state index contributed by atoms with van der Waals surface area (Å²) in [4.78, 5) is 11.0. The third-order valence-corrected chi connectivity index (χ3v) is 2.17. The lowest BCUT2D eigenvalue weighted by molar-refractivity contribution is 0.101. The highest BCUT2D eigenvalue weighted by atomic mass is 16.1. The molecular formula is C13H17NO. The van der Waals surface area contributed by atoms with Crippen LogP contribution in [0, 0.1) is 0 Å². The van der Waals surface area contributed by atoms with E-state index in [1.54, 1.807) is 6.92 Å². The minimum absolute atomic E-state index is 0.107. The zero-order chi connectivity index (χ0) is 11.1. The van der Waals surface area contributed by atoms with Gasteiger partial charge in [0.15, 0.2) is 5.78 Å². The van der Waals surface area contributed by atoms with Gasteiger partial charge in [-0.2, -0.15) is 0 Å². The van der Waals surface area contributed by atoms with Gasteiger partial charge in [-0.1, -0.05) is 12.2 Å². The summed E-state index contributed by atoms with van der Waals surface area (Å²) in [5.74, 6) is 0.107. The number of allylic oxidation sites excluding steroid dienone is 1. The zero-order valence-corrected chi connectivity index (χ0v) is 9.29. The van der Waals surface area contributed by atoms with E-state index < -0.39 is 0 Å². The molecule has 0 saturated carbocycles. The largest absolute Gasteiger partial charge is 0.385 e. The van der Waals surface area contributed by atoms with Gasteiger partial charge in [0.25, 0.3) is 0 Å². The van der Waals surface area contributed by atoms with E-state index in [0.29, 0.717) is 0 Å². The van der Waals surface area contributed by atoms with Gasteiger partial charge >= 0.3 is 0 Å². The summed E-state index contributed by atoms with van der Waals surface area (Å²) < 4.78 is 0. The molecule has 15 heavy (non-hydrogen) atoms. The first kappa shape index (κ1) is 11.5. The highest BCUT2D eigenvalue weighted by Crippen LogP contribution is 2.09. The fourth-order valence-corrected chi connectivity index (χ4v) is 1.29. The SMILES string of the molecule is C/C=C/CCNc1ccc(C(C)=O)cc1. The molecule has 0 radical (unpaired) electrons. The van der Waals surface area contributed by atoms with Crippen LogP contribution in [0.4, 0.5) is 5.69 Å². The Balaban J connectivity index is 2.46. The lowest BCUT2D eigenvalue weighted by Crippen LogP contribution is -2.00. The topological polar surface area (TPSA) is 29.1 Å². The van der Waals surface area contributed by atoms with E-state index in [-0.39, 0.29) is 5.78 Å². The van der Waals surface area contributed by atoms with Crippen molar-refractivity contribution in [3.05, 3.63) is 42.0 Å². The standard InChI is InChI=1S/C13H17NO/c1-3-4-5-10-14-13-8-6-12(7-9-13)11(2)15/h3-4,6-9,14H,5,10H2,1-2H3/b4-3+. The third-order valence-electron chi connectivity index (χ3n) is 2.17. The third kappa shape index (κ3) is 3.98. The molecule has 0 aromatic heterocycles. The summed E-state index contributed by atoms with van der Waals surface area (Å²) in [5, 5.41) is 3.28. The predicted octanol–water partition coefficient (Wildman–Crippen LogP) is 3.27. The molecule has 0 aliphatic rings. The number of nitrogens with one attached hydrogen (secondary N) is 1. The van der Waals surface area contributed by atoms with Crippen molar-refractivity contribution in [1.29, 1.82) is 0 Å². The molecule has 80 valence electrons. The van der Waals surface area contributed by atoms with Gasteiger partial charge in [-0.15, -0.1) is 0 Å². The van der Waals surface area contributed by atoms with Gasteiger partial charge in [0.1, 0.15) is 0 Å². The minimum Gasteiger partial charge on any atom is -0.385 e. The molecule has 0 fully saturated rings. The van der Waals surface area contributed by atoms with Gasteiger partial charge in [0.2, 0.25) is 0 Å². The summed E-state index contributed by atoms with van der Waals surface area (Å²) in [6, 6.07) is 7.57. The molecular weight excluding hydrogens is 186 g/mol. The van der Waals surface area contributed by atoms with Crippen LogP contribution in [0.25, 0.3) is 0 Å². The van der Waals surface area contributed by atoms with E-state index in [1.165, 1.54) is 0 Å². The Morgan fingerprint density at radius 2 is 2.00 bits per heavy atom. The minimum atomic E-state index is 0.107. The Hall–Kier alpha value is -1.57. The van der Waals surface area contributed by atoms with Crippen LogP contribution in [0.5, 0.6) is 0 Å². The molecule has 0 amide bonds. The molecule has 1 aromatic carbocycles. The van der Waals surface area contributed by atoms with Crippen molar-refractivity contribution in [3.8, 4) is 0 Å². The molecule has 0 heterocycles. The summed E-state index contributed by atoms with van der Waals surface area (Å²) in [5.41, 5.74) is 1.82. The number of Topliss-reactive ketones (excluding diaryl/α,β-unsaturated/α-hetero) is 1. The highest BCUT2D eigenvalue weighted by Gasteiger charge is 1.97. The lowest BCUT2D eigenvalue weighted by atomic mass is 10.1. The molecule has 0 atom stereocenters. The Kier molecular flexibility index (Phi) is 4.61. The lowest BCUT2D eigenvalue weighted by Gasteiger charge is -2.04. The second-order valence-electron chi connectivity index (χ2n) is 3.42. The van der Waals surface area contributed by atoms with Crippen LogP contribution in [0.15, 0.2) is 36.4 Å². The number of rotatable bonds is 5. The summed E-state index contributed by atoms with van der Waals surface area (Å²) >= 11 is 0. The molecule has 0 spiro atoms. The van der Waals surface area contributed by atoms with Gasteiger partial charge in [-0.05, 0) is 44.5 Å². The van der Waals surface area contributed by atoms with Crippen molar-refractivity contribution < 1.29 is 4.79 Å². The van der Waals surface area contributed by atoms with Gasteiger partial charge in [0.05, 0.1) is 0 Å². The smallest absolute Gasteiger partial charge is 0.159 e. The van der Waals surface area contributed by atoms with E-state index in [2.05, 4.69) is 11.4 Å². The molecule has 0 saturated heterocycles. The van der Waals surface area contributed by atoms with Crippen LogP contribution in [-0.2, 0) is 0 Å². The van der Waals surface area contributed by atoms with E-state index in [1.807, 2.05) is 37.3 Å². The number of benzene rings is 1. The quantitative estimate of drug-likeness (QED) is 0.452. The van der Waals surface area contributed by atoms with Crippen molar-refractivity contribution in [1.82, 2.24) is 0 Å². The maximum Gasteiger partial charge on any atom is 0.159 e. The van der Waals surface area contributed by atoms with Gasteiger partial charge in [0, 0.05) is 17.8 Å². The predicted molar refractivity (Wildman–Crippen MR) is 64.4 cm³/mol. The number of ketones is 1. The monoisotopic (exact) mass is 203 g/mol. The summed E-state index contributed by atoms with van der Waals surface area (Å²) in [6.07, 6.45) is 5.18. The number of carbonyl (C=O) groups excluding carboxylic acids is 1. The Morgan fingerprint density at radius 3 is 2.53 bits per heavy atom. The van der Waals surface area contributed by atoms with Crippen LogP contribution in [0.2, 0.25) is 0 Å². The van der Waals surface area contributed by atoms with Crippen LogP contribution in [0.1, 0.15) is 30.6 Å². The van der Waals surface area contributed by atoms with Crippen molar-refractivity contribution in [2.45, 2.75) is 20.3 Å². The number of carbonyl (C=O) groups is 1. The molecule has 0 aliphatic heterocycles. The van der Waals surface area contributed by atoms with E-state index in [4.69, 9.17) is 0 Å². The van der Waals surface area contributed by atoms with Crippen molar-refractivity contribution >= 4 is 11.5 Å². The molecule has 2 nitrogen and oxygen atoms in total. The summed E-state index contributed by atoms with van der Waals surface area (Å²) in [6.45, 7) is 4.51. The average Bonchev–Trinajstić information content (AvgIpc) is 2.25. The van der Waals surface area contributed by atoms with Crippen LogP contribution < -0.4 is 5.32 Å². The average molecular weight is 203 g/mol. The second-order valence-corrected chi connectivity index (χ2v) is 3.42. The second kappa shape index (κ2) is 6.02. The first-order valence-electron chi connectivity index (χ1n) is 5.20. The van der Waals surface area contributed by atoms with Gasteiger partial charge < -0.3 is 5.32 Å². The van der Waals surface area contributed by atoms with Crippen molar-refractivity contribution in [2.75, 3.05) is 11.9 Å². The Labute approximate surface area is 91.0 Å². The zero-order valence-electron chi connectivity index (χ0n) is 9.29. The van der Waals surface area contributed by atoms with Gasteiger partial charge in [-0.3, -0.25) is 4.79 Å². The van der Waals surface area contributed by atoms with E-state index >= 15 is 0 Å².